The van der Waals surface area contributed by atoms with E-state index in [9.17, 15) is 0 Å². The lowest BCUT2D eigenvalue weighted by Crippen LogP contribution is -2.25. The summed E-state index contributed by atoms with van der Waals surface area (Å²) in [5, 5.41) is 0.472. The van der Waals surface area contributed by atoms with Crippen LogP contribution < -0.4 is 0 Å². The van der Waals surface area contributed by atoms with Crippen molar-refractivity contribution >= 4 is 12.6 Å². The molecule has 1 atom stereocenters. The van der Waals surface area contributed by atoms with Crippen LogP contribution in [0.5, 0.6) is 0 Å². The van der Waals surface area contributed by atoms with Gasteiger partial charge in [0.2, 0.25) is 0 Å². The molecule has 0 N–H and O–H groups in total. The Bertz CT molecular complexity index is 174. The second-order valence-corrected chi connectivity index (χ2v) is 6.70. The van der Waals surface area contributed by atoms with Crippen molar-refractivity contribution < 1.29 is 4.74 Å². The average molecular weight is 276 g/mol. The summed E-state index contributed by atoms with van der Waals surface area (Å²) in [6.45, 7) is 10.8. The number of nitrogens with zero attached hydrogens (tertiary/aromatic N) is 1. The lowest BCUT2D eigenvalue weighted by molar-refractivity contribution is 0.123. The van der Waals surface area contributed by atoms with Crippen LogP contribution in [0.25, 0.3) is 0 Å². The van der Waals surface area contributed by atoms with Crippen LogP contribution >= 0.6 is 12.6 Å². The highest BCUT2D eigenvalue weighted by molar-refractivity contribution is 7.80. The number of ether oxygens (including phenoxy) is 1. The molecule has 0 spiro atoms. The van der Waals surface area contributed by atoms with Crippen molar-refractivity contribution in [1.82, 2.24) is 4.90 Å². The minimum atomic E-state index is 0.472. The highest BCUT2D eigenvalue weighted by atomic mass is 32.1. The molecule has 0 aliphatic carbocycles. The fourth-order valence-electron chi connectivity index (χ4n) is 2.00. The molecular formula is C15H33NOS. The van der Waals surface area contributed by atoms with Crippen molar-refractivity contribution in [2.24, 2.45) is 5.92 Å². The van der Waals surface area contributed by atoms with E-state index in [2.05, 4.69) is 45.3 Å². The number of hydrogen-bond acceptors (Lipinski definition) is 3. The zero-order valence-corrected chi connectivity index (χ0v) is 13.7. The predicted molar refractivity (Wildman–Crippen MR) is 84.7 cm³/mol. The van der Waals surface area contributed by atoms with Crippen molar-refractivity contribution in [1.29, 1.82) is 0 Å². The molecule has 0 fully saturated rings. The van der Waals surface area contributed by atoms with Gasteiger partial charge < -0.3 is 9.64 Å². The van der Waals surface area contributed by atoms with Gasteiger partial charge in [-0.3, -0.25) is 0 Å². The van der Waals surface area contributed by atoms with Crippen LogP contribution in [-0.4, -0.2) is 43.5 Å². The Hall–Kier alpha value is 0.270. The van der Waals surface area contributed by atoms with E-state index in [1.54, 1.807) is 0 Å². The van der Waals surface area contributed by atoms with Gasteiger partial charge in [-0.2, -0.15) is 12.6 Å². The molecule has 0 amide bonds. The normalized spacial score (nSPS) is 13.5. The van der Waals surface area contributed by atoms with Crippen molar-refractivity contribution in [3.05, 3.63) is 0 Å². The Kier molecular flexibility index (Phi) is 12.5. The summed E-state index contributed by atoms with van der Waals surface area (Å²) in [6.07, 6.45) is 6.24. The van der Waals surface area contributed by atoms with Crippen LogP contribution in [0.2, 0.25) is 0 Å². The van der Waals surface area contributed by atoms with Gasteiger partial charge in [0.05, 0.1) is 0 Å². The molecule has 2 nitrogen and oxygen atoms in total. The molecule has 0 saturated carbocycles. The second-order valence-electron chi connectivity index (χ2n) is 5.82. The molecule has 0 aromatic rings. The minimum Gasteiger partial charge on any atom is -0.381 e. The van der Waals surface area contributed by atoms with Crippen LogP contribution in [0.15, 0.2) is 0 Å². The van der Waals surface area contributed by atoms with E-state index in [1.807, 2.05) is 0 Å². The van der Waals surface area contributed by atoms with Gasteiger partial charge in [-0.25, -0.2) is 0 Å². The fourth-order valence-corrected chi connectivity index (χ4v) is 2.28. The maximum Gasteiger partial charge on any atom is 0.0466 e. The van der Waals surface area contributed by atoms with Gasteiger partial charge in [-0.1, -0.05) is 20.8 Å². The summed E-state index contributed by atoms with van der Waals surface area (Å²) < 4.78 is 5.63. The van der Waals surface area contributed by atoms with E-state index in [1.165, 1.54) is 38.6 Å². The van der Waals surface area contributed by atoms with Crippen LogP contribution in [0.4, 0.5) is 0 Å². The van der Waals surface area contributed by atoms with Crippen LogP contribution in [0, 0.1) is 5.92 Å². The molecule has 3 heteroatoms. The van der Waals surface area contributed by atoms with Gasteiger partial charge in [-0.05, 0) is 51.6 Å². The Morgan fingerprint density at radius 2 is 1.67 bits per heavy atom. The van der Waals surface area contributed by atoms with Gasteiger partial charge in [-0.15, -0.1) is 0 Å². The highest BCUT2D eigenvalue weighted by Gasteiger charge is 2.01. The number of unbranched alkanes of at least 4 members (excludes halogenated alkanes) is 2. The van der Waals surface area contributed by atoms with Gasteiger partial charge >= 0.3 is 0 Å². The standard InChI is InChI=1S/C15H33NOS/c1-14(2)9-8-12-17-11-7-5-6-10-16(4)13-15(3)18/h14-15,18H,5-13H2,1-4H3/t15-/m0/s1. The van der Waals surface area contributed by atoms with E-state index in [4.69, 9.17) is 4.74 Å². The molecule has 110 valence electrons. The monoisotopic (exact) mass is 275 g/mol. The molecule has 0 aliphatic rings. The molecule has 0 unspecified atom stereocenters. The maximum absolute atomic E-state index is 5.63. The van der Waals surface area contributed by atoms with E-state index in [0.29, 0.717) is 5.25 Å². The zero-order valence-electron chi connectivity index (χ0n) is 12.8. The molecule has 0 saturated heterocycles. The van der Waals surface area contributed by atoms with Gasteiger partial charge in [0.1, 0.15) is 0 Å². The first kappa shape index (κ1) is 18.3. The minimum absolute atomic E-state index is 0.472. The van der Waals surface area contributed by atoms with Crippen molar-refractivity contribution in [3.8, 4) is 0 Å². The van der Waals surface area contributed by atoms with Gasteiger partial charge in [0.25, 0.3) is 0 Å². The number of hydrogen-bond donors (Lipinski definition) is 1. The summed E-state index contributed by atoms with van der Waals surface area (Å²) in [5.74, 6) is 0.804. The summed E-state index contributed by atoms with van der Waals surface area (Å²) in [7, 11) is 2.18. The first-order valence-corrected chi connectivity index (χ1v) is 7.98. The van der Waals surface area contributed by atoms with Crippen LogP contribution in [0.3, 0.4) is 0 Å². The third-order valence-electron chi connectivity index (χ3n) is 2.97. The lowest BCUT2D eigenvalue weighted by Gasteiger charge is -2.18. The fraction of sp³-hybridized carbons (Fsp3) is 1.00. The average Bonchev–Trinajstić information content (AvgIpc) is 2.25. The molecule has 0 bridgehead atoms. The predicted octanol–water partition coefficient (Wildman–Crippen LogP) is 3.86. The molecule has 0 aromatic heterocycles. The number of rotatable bonds is 12. The second kappa shape index (κ2) is 12.3. The van der Waals surface area contributed by atoms with E-state index in [-0.39, 0.29) is 0 Å². The topological polar surface area (TPSA) is 12.5 Å². The van der Waals surface area contributed by atoms with Gasteiger partial charge in [0.15, 0.2) is 0 Å². The highest BCUT2D eigenvalue weighted by Crippen LogP contribution is 2.04. The van der Waals surface area contributed by atoms with Crippen LogP contribution in [-0.2, 0) is 4.74 Å². The molecule has 0 rings (SSSR count). The SMILES string of the molecule is CC(C)CCCOCCCCCN(C)C[C@H](C)S. The molecular weight excluding hydrogens is 242 g/mol. The summed E-state index contributed by atoms with van der Waals surface area (Å²) in [5.41, 5.74) is 0. The maximum atomic E-state index is 5.63. The summed E-state index contributed by atoms with van der Waals surface area (Å²) in [6, 6.07) is 0. The van der Waals surface area contributed by atoms with Gasteiger partial charge in [0, 0.05) is 25.0 Å². The summed E-state index contributed by atoms with van der Waals surface area (Å²) >= 11 is 4.40. The van der Waals surface area contributed by atoms with E-state index in [0.717, 1.165) is 25.7 Å². The third kappa shape index (κ3) is 14.3. The summed E-state index contributed by atoms with van der Waals surface area (Å²) in [4.78, 5) is 2.36. The molecule has 0 heterocycles. The van der Waals surface area contributed by atoms with E-state index < -0.39 is 0 Å². The molecule has 0 aromatic carbocycles. The van der Waals surface area contributed by atoms with Crippen molar-refractivity contribution in [2.75, 3.05) is 33.4 Å². The molecule has 0 radical (unpaired) electrons. The number of thiol groups is 1. The Morgan fingerprint density at radius 3 is 2.28 bits per heavy atom. The van der Waals surface area contributed by atoms with Crippen molar-refractivity contribution in [3.63, 3.8) is 0 Å². The largest absolute Gasteiger partial charge is 0.381 e. The quantitative estimate of drug-likeness (QED) is 0.429. The Balaban J connectivity index is 3.11. The first-order valence-electron chi connectivity index (χ1n) is 7.46. The lowest BCUT2D eigenvalue weighted by atomic mass is 10.1. The third-order valence-corrected chi connectivity index (χ3v) is 3.14. The smallest absolute Gasteiger partial charge is 0.0466 e. The Labute approximate surface area is 120 Å². The van der Waals surface area contributed by atoms with E-state index >= 15 is 0 Å². The zero-order chi connectivity index (χ0) is 13.8. The molecule has 0 aliphatic heterocycles. The molecule has 18 heavy (non-hydrogen) atoms. The van der Waals surface area contributed by atoms with Crippen molar-refractivity contribution in [2.45, 2.75) is 58.1 Å². The first-order chi connectivity index (χ1) is 8.52. The Morgan fingerprint density at radius 1 is 1.00 bits per heavy atom. The van der Waals surface area contributed by atoms with Crippen LogP contribution in [0.1, 0.15) is 52.9 Å².